The molecule has 2 heterocycles. The molecule has 7 heteroatoms. The van der Waals surface area contributed by atoms with Gasteiger partial charge >= 0.3 is 0 Å². The normalized spacial score (nSPS) is 22.0. The number of fused-ring (bicyclic) bond motifs is 1. The number of carbonyl (C=O) groups is 2. The minimum absolute atomic E-state index is 0.344. The van der Waals surface area contributed by atoms with Crippen molar-refractivity contribution in [1.29, 1.82) is 0 Å². The average molecular weight is 338 g/mol. The zero-order valence-electron chi connectivity index (χ0n) is 13.5. The van der Waals surface area contributed by atoms with Gasteiger partial charge in [0, 0.05) is 0 Å². The molecule has 2 amide bonds. The van der Waals surface area contributed by atoms with Crippen LogP contribution in [0.15, 0.2) is 58.9 Å². The van der Waals surface area contributed by atoms with Crippen LogP contribution in [0.25, 0.3) is 0 Å². The van der Waals surface area contributed by atoms with Crippen molar-refractivity contribution in [3.8, 4) is 0 Å². The zero-order chi connectivity index (χ0) is 17.6. The Morgan fingerprint density at radius 3 is 2.36 bits per heavy atom. The van der Waals surface area contributed by atoms with Crippen LogP contribution >= 0.6 is 0 Å². The van der Waals surface area contributed by atoms with Gasteiger partial charge in [-0.3, -0.25) is 14.6 Å². The van der Waals surface area contributed by atoms with E-state index >= 15 is 0 Å². The highest BCUT2D eigenvalue weighted by molar-refractivity contribution is 6.25. The third-order valence-corrected chi connectivity index (χ3v) is 4.41. The Hall–Kier alpha value is -3.09. The monoisotopic (exact) mass is 338 g/mol. The smallest absolute Gasteiger partial charge is 0.263 e. The largest absolute Gasteiger partial charge is 0.271 e. The number of amides is 2. The molecule has 2 aromatic carbocycles. The maximum atomic E-state index is 13.1. The van der Waals surface area contributed by atoms with Crippen molar-refractivity contribution in [2.75, 3.05) is 4.90 Å². The van der Waals surface area contributed by atoms with Gasteiger partial charge in [0.25, 0.3) is 11.8 Å². The highest BCUT2D eigenvalue weighted by Crippen LogP contribution is 2.32. The van der Waals surface area contributed by atoms with E-state index in [4.69, 9.17) is 0 Å². The van der Waals surface area contributed by atoms with E-state index in [9.17, 15) is 14.0 Å². The predicted molar refractivity (Wildman–Crippen MR) is 88.0 cm³/mol. The maximum Gasteiger partial charge on any atom is 0.263 e. The second kappa shape index (κ2) is 5.77. The summed E-state index contributed by atoms with van der Waals surface area (Å²) in [6, 6.07) is 11.5. The number of anilines is 1. The second-order valence-electron chi connectivity index (χ2n) is 6.17. The fourth-order valence-corrected chi connectivity index (χ4v) is 3.08. The molecule has 2 atom stereocenters. The molecule has 0 bridgehead atoms. The first-order chi connectivity index (χ1) is 12.0. The lowest BCUT2D eigenvalue weighted by Crippen LogP contribution is -2.39. The summed E-state index contributed by atoms with van der Waals surface area (Å²) in [5.41, 5.74) is 2.46. The maximum absolute atomic E-state index is 13.1. The van der Waals surface area contributed by atoms with Crippen LogP contribution in [0.3, 0.4) is 0 Å². The summed E-state index contributed by atoms with van der Waals surface area (Å²) in [4.78, 5) is 26.4. The zero-order valence-corrected chi connectivity index (χ0v) is 13.5. The van der Waals surface area contributed by atoms with Crippen LogP contribution in [0.5, 0.6) is 0 Å². The Bertz CT molecular complexity index is 864. The molecule has 1 fully saturated rings. The van der Waals surface area contributed by atoms with Crippen LogP contribution in [0.1, 0.15) is 11.1 Å². The van der Waals surface area contributed by atoms with Gasteiger partial charge in [-0.1, -0.05) is 35.1 Å². The van der Waals surface area contributed by atoms with E-state index in [1.807, 2.05) is 31.2 Å². The van der Waals surface area contributed by atoms with Gasteiger partial charge in [-0.25, -0.2) is 9.29 Å². The molecule has 0 N–H and O–H groups in total. The van der Waals surface area contributed by atoms with Crippen molar-refractivity contribution < 1.29 is 14.0 Å². The van der Waals surface area contributed by atoms with Gasteiger partial charge in [-0.2, -0.15) is 5.11 Å². The number of rotatable bonds is 3. The Labute approximate surface area is 143 Å². The number of benzene rings is 2. The number of carbonyl (C=O) groups excluding carboxylic acids is 2. The van der Waals surface area contributed by atoms with E-state index in [-0.39, 0.29) is 0 Å². The molecular formula is C18H15FN4O2. The molecule has 2 unspecified atom stereocenters. The van der Waals surface area contributed by atoms with Crippen molar-refractivity contribution in [2.45, 2.75) is 25.6 Å². The van der Waals surface area contributed by atoms with E-state index in [1.165, 1.54) is 24.3 Å². The molecule has 1 saturated heterocycles. The molecule has 2 aromatic rings. The summed E-state index contributed by atoms with van der Waals surface area (Å²) in [5, 5.41) is 9.53. The summed E-state index contributed by atoms with van der Waals surface area (Å²) in [6.45, 7) is 2.39. The van der Waals surface area contributed by atoms with E-state index in [0.717, 1.165) is 16.0 Å². The lowest BCUT2D eigenvalue weighted by Gasteiger charge is -2.20. The van der Waals surface area contributed by atoms with Gasteiger partial charge in [-0.15, -0.1) is 0 Å². The van der Waals surface area contributed by atoms with Crippen molar-refractivity contribution >= 4 is 17.5 Å². The molecule has 0 aromatic heterocycles. The molecular weight excluding hydrogens is 323 g/mol. The minimum Gasteiger partial charge on any atom is -0.271 e. The van der Waals surface area contributed by atoms with Crippen molar-refractivity contribution in [3.05, 3.63) is 65.5 Å². The number of aryl methyl sites for hydroxylation is 1. The fourth-order valence-electron chi connectivity index (χ4n) is 3.08. The van der Waals surface area contributed by atoms with Crippen LogP contribution in [0.2, 0.25) is 0 Å². The van der Waals surface area contributed by atoms with Crippen LogP contribution in [0.4, 0.5) is 10.1 Å². The summed E-state index contributed by atoms with van der Waals surface area (Å²) in [5.74, 6) is -1.25. The first-order valence-electron chi connectivity index (χ1n) is 7.91. The van der Waals surface area contributed by atoms with Crippen molar-refractivity contribution in [3.63, 3.8) is 0 Å². The first kappa shape index (κ1) is 15.4. The molecule has 0 spiro atoms. The molecule has 25 heavy (non-hydrogen) atoms. The summed E-state index contributed by atoms with van der Waals surface area (Å²) >= 11 is 0. The summed E-state index contributed by atoms with van der Waals surface area (Å²) in [7, 11) is 0. The lowest BCUT2D eigenvalue weighted by atomic mass is 10.1. The quantitative estimate of drug-likeness (QED) is 0.808. The van der Waals surface area contributed by atoms with Crippen LogP contribution < -0.4 is 4.90 Å². The molecule has 0 aliphatic carbocycles. The summed E-state index contributed by atoms with van der Waals surface area (Å²) < 4.78 is 13.1. The third kappa shape index (κ3) is 2.57. The molecule has 4 rings (SSSR count). The average Bonchev–Trinajstić information content (AvgIpc) is 3.12. The minimum atomic E-state index is -0.844. The number of imide groups is 1. The van der Waals surface area contributed by atoms with Gasteiger partial charge in [0.05, 0.1) is 12.2 Å². The van der Waals surface area contributed by atoms with Crippen molar-refractivity contribution in [1.82, 2.24) is 5.01 Å². The highest BCUT2D eigenvalue weighted by atomic mass is 19.1. The Balaban J connectivity index is 1.59. The standard InChI is InChI=1S/C18H15FN4O2/c1-11-2-4-12(5-3-11)10-22-16-15(20-21-22)17(24)23(18(16)25)14-8-6-13(19)7-9-14/h2-9,15-16H,10H2,1H3. The Morgan fingerprint density at radius 2 is 1.68 bits per heavy atom. The van der Waals surface area contributed by atoms with Crippen molar-refractivity contribution in [2.24, 2.45) is 10.3 Å². The van der Waals surface area contributed by atoms with Gasteiger partial charge in [0.1, 0.15) is 5.82 Å². The Kier molecular flexibility index (Phi) is 3.56. The number of hydrogen-bond donors (Lipinski definition) is 0. The van der Waals surface area contributed by atoms with Crippen LogP contribution in [-0.4, -0.2) is 28.9 Å². The molecule has 126 valence electrons. The number of nitrogens with zero attached hydrogens (tertiary/aromatic N) is 4. The van der Waals surface area contributed by atoms with E-state index in [0.29, 0.717) is 12.2 Å². The van der Waals surface area contributed by atoms with Gasteiger partial charge < -0.3 is 0 Å². The molecule has 6 nitrogen and oxygen atoms in total. The number of hydrogen-bond acceptors (Lipinski definition) is 5. The first-order valence-corrected chi connectivity index (χ1v) is 7.91. The second-order valence-corrected chi connectivity index (χ2v) is 6.17. The molecule has 0 radical (unpaired) electrons. The SMILES string of the molecule is Cc1ccc(CN2N=NC3C(=O)N(c4ccc(F)cc4)C(=O)C32)cc1. The topological polar surface area (TPSA) is 65.3 Å². The highest BCUT2D eigenvalue weighted by Gasteiger charge is 2.54. The lowest BCUT2D eigenvalue weighted by molar-refractivity contribution is -0.123. The van der Waals surface area contributed by atoms with Crippen LogP contribution in [0, 0.1) is 12.7 Å². The molecule has 2 aliphatic rings. The third-order valence-electron chi connectivity index (χ3n) is 4.41. The van der Waals surface area contributed by atoms with E-state index < -0.39 is 29.7 Å². The van der Waals surface area contributed by atoms with Crippen LogP contribution in [-0.2, 0) is 16.1 Å². The van der Waals surface area contributed by atoms with E-state index in [2.05, 4.69) is 10.3 Å². The summed E-state index contributed by atoms with van der Waals surface area (Å²) in [6.07, 6.45) is 0. The van der Waals surface area contributed by atoms with Gasteiger partial charge in [0.2, 0.25) is 0 Å². The predicted octanol–water partition coefficient (Wildman–Crippen LogP) is 2.63. The van der Waals surface area contributed by atoms with E-state index in [1.54, 1.807) is 5.01 Å². The Morgan fingerprint density at radius 1 is 1.00 bits per heavy atom. The number of halogens is 1. The molecule has 2 aliphatic heterocycles. The fraction of sp³-hybridized carbons (Fsp3) is 0.222. The van der Waals surface area contributed by atoms with Gasteiger partial charge in [-0.05, 0) is 36.8 Å². The van der Waals surface area contributed by atoms with Gasteiger partial charge in [0.15, 0.2) is 12.1 Å². The molecule has 0 saturated carbocycles.